The van der Waals surface area contributed by atoms with Crippen LogP contribution >= 0.6 is 11.6 Å². The van der Waals surface area contributed by atoms with Gasteiger partial charge in [-0.1, -0.05) is 43.9 Å². The fourth-order valence-corrected chi connectivity index (χ4v) is 3.34. The molecule has 0 radical (unpaired) electrons. The summed E-state index contributed by atoms with van der Waals surface area (Å²) in [6, 6.07) is 9.04. The molecule has 182 valence electrons. The van der Waals surface area contributed by atoms with Crippen molar-refractivity contribution in [2.24, 2.45) is 0 Å². The Morgan fingerprint density at radius 3 is 2.56 bits per heavy atom. The van der Waals surface area contributed by atoms with Crippen molar-refractivity contribution in [2.45, 2.75) is 45.7 Å². The van der Waals surface area contributed by atoms with E-state index in [1.807, 2.05) is 0 Å². The number of rotatable bonds is 11. The van der Waals surface area contributed by atoms with Gasteiger partial charge in [0.05, 0.1) is 23.8 Å². The number of nitriles is 1. The Bertz CT molecular complexity index is 1060. The summed E-state index contributed by atoms with van der Waals surface area (Å²) in [5.41, 5.74) is -0.904. The third-order valence-electron chi connectivity index (χ3n) is 4.70. The van der Waals surface area contributed by atoms with Crippen LogP contribution in [-0.4, -0.2) is 19.1 Å². The molecule has 1 amide bonds. The number of alkyl halides is 3. The normalized spacial score (nSPS) is 11.6. The Morgan fingerprint density at radius 1 is 1.15 bits per heavy atom. The van der Waals surface area contributed by atoms with Gasteiger partial charge in [0, 0.05) is 5.69 Å². The molecule has 0 aliphatic heterocycles. The number of ether oxygens (including phenoxy) is 2. The van der Waals surface area contributed by atoms with E-state index in [0.717, 1.165) is 37.8 Å². The van der Waals surface area contributed by atoms with Crippen molar-refractivity contribution in [2.75, 3.05) is 18.5 Å². The number of anilines is 1. The summed E-state index contributed by atoms with van der Waals surface area (Å²) < 4.78 is 50.2. The predicted octanol–water partition coefficient (Wildman–Crippen LogP) is 7.26. The highest BCUT2D eigenvalue weighted by molar-refractivity contribution is 6.32. The van der Waals surface area contributed by atoms with Gasteiger partial charge < -0.3 is 14.8 Å². The van der Waals surface area contributed by atoms with Crippen molar-refractivity contribution in [3.8, 4) is 17.6 Å². The summed E-state index contributed by atoms with van der Waals surface area (Å²) >= 11 is 6.38. The van der Waals surface area contributed by atoms with Crippen LogP contribution in [0.25, 0.3) is 6.08 Å². The van der Waals surface area contributed by atoms with Gasteiger partial charge in [0.15, 0.2) is 11.5 Å². The fraction of sp³-hybridized carbons (Fsp3) is 0.360. The van der Waals surface area contributed by atoms with E-state index in [4.69, 9.17) is 21.1 Å². The Labute approximate surface area is 202 Å². The molecule has 0 saturated carbocycles. The second-order valence-corrected chi connectivity index (χ2v) is 7.78. The number of carbonyl (C=O) groups excluding carboxylic acids is 1. The highest BCUT2D eigenvalue weighted by Crippen LogP contribution is 2.37. The van der Waals surface area contributed by atoms with E-state index in [-0.39, 0.29) is 16.3 Å². The summed E-state index contributed by atoms with van der Waals surface area (Å²) in [5, 5.41) is 12.0. The second-order valence-electron chi connectivity index (χ2n) is 7.37. The van der Waals surface area contributed by atoms with Crippen molar-refractivity contribution in [1.82, 2.24) is 0 Å². The monoisotopic (exact) mass is 494 g/mol. The van der Waals surface area contributed by atoms with Crippen LogP contribution in [0.1, 0.15) is 50.7 Å². The average Bonchev–Trinajstić information content (AvgIpc) is 2.78. The fourth-order valence-electron chi connectivity index (χ4n) is 3.06. The number of hydrogen-bond acceptors (Lipinski definition) is 4. The van der Waals surface area contributed by atoms with E-state index >= 15 is 0 Å². The lowest BCUT2D eigenvalue weighted by Crippen LogP contribution is -2.14. The minimum absolute atomic E-state index is 0.0826. The molecule has 0 fully saturated rings. The molecule has 2 rings (SSSR count). The molecule has 0 spiro atoms. The first kappa shape index (κ1) is 27.1. The Kier molecular flexibility index (Phi) is 10.3. The number of unbranched alkanes of at least 4 members (excludes halogenated alkanes) is 3. The van der Waals surface area contributed by atoms with Crippen LogP contribution in [0.3, 0.4) is 0 Å². The molecule has 9 heteroatoms. The van der Waals surface area contributed by atoms with Gasteiger partial charge in [-0.2, -0.15) is 18.4 Å². The Hall–Kier alpha value is -3.18. The van der Waals surface area contributed by atoms with Gasteiger partial charge in [-0.25, -0.2) is 0 Å². The third kappa shape index (κ3) is 7.99. The standard InChI is InChI=1S/C25H26ClF3N2O3/c1-3-5-6-7-11-34-23-21(26)13-17(14-22(23)33-4-2)12-18(16-30)24(32)31-20-10-8-9-19(15-20)25(27,28)29/h8-10,12-15H,3-7,11H2,1-2H3,(H,31,32)/b18-12+. The van der Waals surface area contributed by atoms with Gasteiger partial charge in [-0.3, -0.25) is 4.79 Å². The Morgan fingerprint density at radius 2 is 1.91 bits per heavy atom. The smallest absolute Gasteiger partial charge is 0.416 e. The lowest BCUT2D eigenvalue weighted by molar-refractivity contribution is -0.137. The molecular formula is C25H26ClF3N2O3. The number of nitrogens with zero attached hydrogens (tertiary/aromatic N) is 1. The molecule has 1 N–H and O–H groups in total. The number of halogens is 4. The van der Waals surface area contributed by atoms with Crippen LogP contribution < -0.4 is 14.8 Å². The molecule has 34 heavy (non-hydrogen) atoms. The highest BCUT2D eigenvalue weighted by atomic mass is 35.5. The number of benzene rings is 2. The zero-order chi connectivity index (χ0) is 25.1. The van der Waals surface area contributed by atoms with Crippen molar-refractivity contribution in [3.05, 3.63) is 58.1 Å². The molecule has 0 bridgehead atoms. The molecule has 2 aromatic rings. The largest absolute Gasteiger partial charge is 0.490 e. The zero-order valence-electron chi connectivity index (χ0n) is 19.0. The third-order valence-corrected chi connectivity index (χ3v) is 4.98. The van der Waals surface area contributed by atoms with Gasteiger partial charge in [0.25, 0.3) is 5.91 Å². The molecule has 0 saturated heterocycles. The summed E-state index contributed by atoms with van der Waals surface area (Å²) in [6.07, 6.45) is 0.841. The number of amides is 1. The van der Waals surface area contributed by atoms with Gasteiger partial charge in [0.1, 0.15) is 11.6 Å². The first-order valence-electron chi connectivity index (χ1n) is 10.9. The lowest BCUT2D eigenvalue weighted by Gasteiger charge is -2.14. The SMILES string of the molecule is CCCCCCOc1c(Cl)cc(/C=C(\C#N)C(=O)Nc2cccc(C(F)(F)F)c2)cc1OCC. The van der Waals surface area contributed by atoms with Crippen molar-refractivity contribution >= 4 is 29.3 Å². The van der Waals surface area contributed by atoms with Gasteiger partial charge >= 0.3 is 6.18 Å². The van der Waals surface area contributed by atoms with Crippen LogP contribution in [0.2, 0.25) is 5.02 Å². The number of nitrogens with one attached hydrogen (secondary N) is 1. The molecule has 0 aromatic heterocycles. The average molecular weight is 495 g/mol. The van der Waals surface area contributed by atoms with Crippen LogP contribution in [-0.2, 0) is 11.0 Å². The summed E-state index contributed by atoms with van der Waals surface area (Å²) in [5.74, 6) is -0.108. The molecule has 5 nitrogen and oxygen atoms in total. The van der Waals surface area contributed by atoms with Crippen molar-refractivity contribution in [3.63, 3.8) is 0 Å². The van der Waals surface area contributed by atoms with Crippen molar-refractivity contribution in [1.29, 1.82) is 5.26 Å². The maximum absolute atomic E-state index is 12.9. The summed E-state index contributed by atoms with van der Waals surface area (Å²) in [4.78, 5) is 12.5. The molecule has 0 atom stereocenters. The second kappa shape index (κ2) is 12.9. The number of hydrogen-bond donors (Lipinski definition) is 1. The van der Waals surface area contributed by atoms with Gasteiger partial charge in [0.2, 0.25) is 0 Å². The van der Waals surface area contributed by atoms with Crippen LogP contribution in [0, 0.1) is 11.3 Å². The van der Waals surface area contributed by atoms with Crippen LogP contribution in [0.5, 0.6) is 11.5 Å². The van der Waals surface area contributed by atoms with E-state index in [0.29, 0.717) is 30.3 Å². The minimum Gasteiger partial charge on any atom is -0.490 e. The quantitative estimate of drug-likeness (QED) is 0.203. The predicted molar refractivity (Wildman–Crippen MR) is 126 cm³/mol. The first-order valence-corrected chi connectivity index (χ1v) is 11.3. The first-order chi connectivity index (χ1) is 16.2. The van der Waals surface area contributed by atoms with E-state index < -0.39 is 17.6 Å². The molecule has 0 unspecified atom stereocenters. The number of carbonyl (C=O) groups is 1. The zero-order valence-corrected chi connectivity index (χ0v) is 19.7. The topological polar surface area (TPSA) is 71.3 Å². The molecule has 0 aliphatic rings. The van der Waals surface area contributed by atoms with E-state index in [2.05, 4.69) is 12.2 Å². The van der Waals surface area contributed by atoms with Crippen LogP contribution in [0.4, 0.5) is 18.9 Å². The van der Waals surface area contributed by atoms with E-state index in [1.54, 1.807) is 19.1 Å². The molecule has 0 aliphatic carbocycles. The molecule has 0 heterocycles. The summed E-state index contributed by atoms with van der Waals surface area (Å²) in [6.45, 7) is 4.73. The maximum Gasteiger partial charge on any atom is 0.416 e. The van der Waals surface area contributed by atoms with Crippen LogP contribution in [0.15, 0.2) is 42.0 Å². The van der Waals surface area contributed by atoms with Crippen molar-refractivity contribution < 1.29 is 27.4 Å². The van der Waals surface area contributed by atoms with Gasteiger partial charge in [-0.05, 0) is 55.3 Å². The molecule has 2 aromatic carbocycles. The Balaban J connectivity index is 2.24. The highest BCUT2D eigenvalue weighted by Gasteiger charge is 2.30. The molecular weight excluding hydrogens is 469 g/mol. The lowest BCUT2D eigenvalue weighted by atomic mass is 10.1. The summed E-state index contributed by atoms with van der Waals surface area (Å²) in [7, 11) is 0. The van der Waals surface area contributed by atoms with E-state index in [1.165, 1.54) is 24.3 Å². The van der Waals surface area contributed by atoms with E-state index in [9.17, 15) is 23.2 Å². The van der Waals surface area contributed by atoms with Gasteiger partial charge in [-0.15, -0.1) is 0 Å². The minimum atomic E-state index is -4.55. The maximum atomic E-state index is 12.9.